The van der Waals surface area contributed by atoms with Crippen LogP contribution in [-0.4, -0.2) is 47.5 Å². The standard InChI is InChI=1S/C14H19N3O3S/c18-12(16-14-15-5-7-21-14)9-17(13(19)10-3-4-10)8-11-2-1-6-20-11/h5,7,10-11H,1-4,6,8-9H2,(H,15,16,18). The average Bonchev–Trinajstić information content (AvgIpc) is 2.95. The molecule has 3 rings (SSSR count). The molecule has 21 heavy (non-hydrogen) atoms. The number of nitrogens with one attached hydrogen (secondary N) is 1. The fourth-order valence-electron chi connectivity index (χ4n) is 2.47. The molecule has 1 aromatic heterocycles. The predicted octanol–water partition coefficient (Wildman–Crippen LogP) is 1.50. The normalized spacial score (nSPS) is 21.2. The number of carbonyl (C=O) groups excluding carboxylic acids is 2. The molecule has 1 aliphatic heterocycles. The molecular weight excluding hydrogens is 290 g/mol. The van der Waals surface area contributed by atoms with Crippen molar-refractivity contribution in [2.24, 2.45) is 5.92 Å². The van der Waals surface area contributed by atoms with Gasteiger partial charge in [0.1, 0.15) is 6.54 Å². The van der Waals surface area contributed by atoms with E-state index >= 15 is 0 Å². The summed E-state index contributed by atoms with van der Waals surface area (Å²) in [5.74, 6) is -0.00389. The summed E-state index contributed by atoms with van der Waals surface area (Å²) >= 11 is 1.37. The lowest BCUT2D eigenvalue weighted by molar-refractivity contribution is -0.137. The fourth-order valence-corrected chi connectivity index (χ4v) is 3.02. The Kier molecular flexibility index (Phi) is 4.50. The third-order valence-corrected chi connectivity index (χ3v) is 4.39. The van der Waals surface area contributed by atoms with Gasteiger partial charge in [0.15, 0.2) is 5.13 Å². The van der Waals surface area contributed by atoms with Crippen molar-refractivity contribution in [2.75, 3.05) is 25.0 Å². The molecule has 0 spiro atoms. The maximum Gasteiger partial charge on any atom is 0.245 e. The van der Waals surface area contributed by atoms with E-state index in [-0.39, 0.29) is 30.4 Å². The van der Waals surface area contributed by atoms with Gasteiger partial charge in [-0.2, -0.15) is 0 Å². The number of thiazole rings is 1. The van der Waals surface area contributed by atoms with Gasteiger partial charge in [0.25, 0.3) is 0 Å². The van der Waals surface area contributed by atoms with E-state index in [0.717, 1.165) is 32.3 Å². The molecule has 6 nitrogen and oxygen atoms in total. The molecule has 2 heterocycles. The van der Waals surface area contributed by atoms with Crippen LogP contribution in [0.3, 0.4) is 0 Å². The van der Waals surface area contributed by atoms with Gasteiger partial charge in [-0.25, -0.2) is 4.98 Å². The second-order valence-electron chi connectivity index (χ2n) is 5.51. The maximum atomic E-state index is 12.3. The van der Waals surface area contributed by atoms with Crippen LogP contribution in [0.2, 0.25) is 0 Å². The minimum Gasteiger partial charge on any atom is -0.376 e. The first kappa shape index (κ1) is 14.5. The van der Waals surface area contributed by atoms with Crippen molar-refractivity contribution >= 4 is 28.3 Å². The summed E-state index contributed by atoms with van der Waals surface area (Å²) in [5.41, 5.74) is 0. The van der Waals surface area contributed by atoms with Crippen LogP contribution in [0.15, 0.2) is 11.6 Å². The van der Waals surface area contributed by atoms with Crippen LogP contribution in [0.25, 0.3) is 0 Å². The Morgan fingerprint density at radius 3 is 2.90 bits per heavy atom. The van der Waals surface area contributed by atoms with Gasteiger partial charge >= 0.3 is 0 Å². The lowest BCUT2D eigenvalue weighted by atomic mass is 10.2. The number of rotatable bonds is 6. The Labute approximate surface area is 127 Å². The number of nitrogens with zero attached hydrogens (tertiary/aromatic N) is 2. The first-order chi connectivity index (χ1) is 10.2. The molecule has 7 heteroatoms. The molecule has 2 fully saturated rings. The zero-order valence-electron chi connectivity index (χ0n) is 11.8. The van der Waals surface area contributed by atoms with Crippen molar-refractivity contribution in [3.63, 3.8) is 0 Å². The van der Waals surface area contributed by atoms with Crippen molar-refractivity contribution in [3.8, 4) is 0 Å². The van der Waals surface area contributed by atoms with E-state index in [1.807, 2.05) is 0 Å². The highest BCUT2D eigenvalue weighted by atomic mass is 32.1. The number of anilines is 1. The highest BCUT2D eigenvalue weighted by Crippen LogP contribution is 2.31. The Hall–Kier alpha value is -1.47. The Balaban J connectivity index is 1.57. The largest absolute Gasteiger partial charge is 0.376 e. The number of carbonyl (C=O) groups is 2. The van der Waals surface area contributed by atoms with Gasteiger partial charge < -0.3 is 15.0 Å². The van der Waals surface area contributed by atoms with Crippen LogP contribution >= 0.6 is 11.3 Å². The van der Waals surface area contributed by atoms with Crippen molar-refractivity contribution in [1.82, 2.24) is 9.88 Å². The zero-order chi connectivity index (χ0) is 14.7. The van der Waals surface area contributed by atoms with E-state index in [4.69, 9.17) is 4.74 Å². The molecule has 0 radical (unpaired) electrons. The van der Waals surface area contributed by atoms with Crippen LogP contribution in [0.4, 0.5) is 5.13 Å². The molecule has 0 bridgehead atoms. The second kappa shape index (κ2) is 6.53. The molecule has 1 atom stereocenters. The van der Waals surface area contributed by atoms with Crippen LogP contribution < -0.4 is 5.32 Å². The van der Waals surface area contributed by atoms with Gasteiger partial charge in [0.2, 0.25) is 11.8 Å². The number of aromatic nitrogens is 1. The molecule has 2 aliphatic rings. The van der Waals surface area contributed by atoms with Crippen molar-refractivity contribution in [2.45, 2.75) is 31.8 Å². The molecule has 1 saturated carbocycles. The molecule has 1 unspecified atom stereocenters. The van der Waals surface area contributed by atoms with Gasteiger partial charge in [-0.3, -0.25) is 9.59 Å². The number of hydrogen-bond donors (Lipinski definition) is 1. The van der Waals surface area contributed by atoms with Crippen molar-refractivity contribution in [1.29, 1.82) is 0 Å². The van der Waals surface area contributed by atoms with Crippen molar-refractivity contribution in [3.05, 3.63) is 11.6 Å². The molecule has 114 valence electrons. The summed E-state index contributed by atoms with van der Waals surface area (Å²) < 4.78 is 5.59. The summed E-state index contributed by atoms with van der Waals surface area (Å²) in [7, 11) is 0. The third kappa shape index (κ3) is 4.01. The lowest BCUT2D eigenvalue weighted by Crippen LogP contribution is -2.43. The second-order valence-corrected chi connectivity index (χ2v) is 6.41. The van der Waals surface area contributed by atoms with Crippen LogP contribution in [0.1, 0.15) is 25.7 Å². The lowest BCUT2D eigenvalue weighted by Gasteiger charge is -2.24. The van der Waals surface area contributed by atoms with Gasteiger partial charge in [0, 0.05) is 30.6 Å². The average molecular weight is 309 g/mol. The number of ether oxygens (including phenoxy) is 1. The summed E-state index contributed by atoms with van der Waals surface area (Å²) in [6, 6.07) is 0. The monoisotopic (exact) mass is 309 g/mol. The minimum absolute atomic E-state index is 0.0698. The molecule has 0 aromatic carbocycles. The van der Waals surface area contributed by atoms with Crippen LogP contribution in [0, 0.1) is 5.92 Å². The Morgan fingerprint density at radius 2 is 2.29 bits per heavy atom. The van der Waals surface area contributed by atoms with E-state index in [2.05, 4.69) is 10.3 Å². The van der Waals surface area contributed by atoms with E-state index in [9.17, 15) is 9.59 Å². The van der Waals surface area contributed by atoms with Gasteiger partial charge in [-0.15, -0.1) is 11.3 Å². The molecule has 1 saturated heterocycles. The molecule has 1 aliphatic carbocycles. The highest BCUT2D eigenvalue weighted by molar-refractivity contribution is 7.13. The third-order valence-electron chi connectivity index (χ3n) is 3.70. The summed E-state index contributed by atoms with van der Waals surface area (Å²) in [6.07, 6.45) is 5.58. The van der Waals surface area contributed by atoms with E-state index in [1.165, 1.54) is 11.3 Å². The predicted molar refractivity (Wildman–Crippen MR) is 79.0 cm³/mol. The van der Waals surface area contributed by atoms with Gasteiger partial charge in [-0.05, 0) is 25.7 Å². The Morgan fingerprint density at radius 1 is 1.43 bits per heavy atom. The van der Waals surface area contributed by atoms with Gasteiger partial charge in [-0.1, -0.05) is 0 Å². The molecular formula is C14H19N3O3S. The number of hydrogen-bond acceptors (Lipinski definition) is 5. The minimum atomic E-state index is -0.197. The van der Waals surface area contributed by atoms with Crippen LogP contribution in [-0.2, 0) is 14.3 Å². The summed E-state index contributed by atoms with van der Waals surface area (Å²) in [6.45, 7) is 1.34. The smallest absolute Gasteiger partial charge is 0.245 e. The highest BCUT2D eigenvalue weighted by Gasteiger charge is 2.35. The van der Waals surface area contributed by atoms with Gasteiger partial charge in [0.05, 0.1) is 6.10 Å². The molecule has 2 amide bonds. The van der Waals surface area contributed by atoms with E-state index in [1.54, 1.807) is 16.5 Å². The van der Waals surface area contributed by atoms with Crippen LogP contribution in [0.5, 0.6) is 0 Å². The van der Waals surface area contributed by atoms with E-state index < -0.39 is 0 Å². The zero-order valence-corrected chi connectivity index (χ0v) is 12.6. The first-order valence-corrected chi connectivity index (χ1v) is 8.20. The summed E-state index contributed by atoms with van der Waals surface area (Å²) in [4.78, 5) is 30.0. The Bertz CT molecular complexity index is 496. The van der Waals surface area contributed by atoms with E-state index in [0.29, 0.717) is 11.7 Å². The fraction of sp³-hybridized carbons (Fsp3) is 0.643. The quantitative estimate of drug-likeness (QED) is 0.864. The number of amides is 2. The first-order valence-electron chi connectivity index (χ1n) is 7.32. The van der Waals surface area contributed by atoms with Crippen molar-refractivity contribution < 1.29 is 14.3 Å². The molecule has 1 N–H and O–H groups in total. The topological polar surface area (TPSA) is 71.5 Å². The maximum absolute atomic E-state index is 12.3. The molecule has 1 aromatic rings. The summed E-state index contributed by atoms with van der Waals surface area (Å²) in [5, 5.41) is 5.09. The SMILES string of the molecule is O=C(CN(CC1CCCO1)C(=O)C1CC1)Nc1nccs1.